The Morgan fingerprint density at radius 1 is 1.17 bits per heavy atom. The number of hydrogen-bond donors (Lipinski definition) is 1. The van der Waals surface area contributed by atoms with Gasteiger partial charge in [-0.2, -0.15) is 0 Å². The number of rotatable bonds is 5. The van der Waals surface area contributed by atoms with E-state index in [0.717, 1.165) is 6.42 Å². The fraction of sp³-hybridized carbons (Fsp3) is 0.636. The molecule has 0 fully saturated rings. The van der Waals surface area contributed by atoms with Crippen molar-refractivity contribution in [3.05, 3.63) is 24.3 Å². The summed E-state index contributed by atoms with van der Waals surface area (Å²) in [6, 6.07) is 0. The smallest absolute Gasteiger partial charge is 0.0442 e. The monoisotopic (exact) mass is 166 g/mol. The van der Waals surface area contributed by atoms with Gasteiger partial charge in [0.25, 0.3) is 0 Å². The highest BCUT2D eigenvalue weighted by molar-refractivity contribution is 5.24. The quantitative estimate of drug-likeness (QED) is 0.665. The van der Waals surface area contributed by atoms with E-state index in [1.165, 1.54) is 19.3 Å². The Kier molecular flexibility index (Phi) is 3.54. The van der Waals surface area contributed by atoms with E-state index in [1.807, 2.05) is 0 Å². The highest BCUT2D eigenvalue weighted by Crippen LogP contribution is 2.35. The van der Waals surface area contributed by atoms with Crippen LogP contribution in [-0.4, -0.2) is 11.7 Å². The van der Waals surface area contributed by atoms with Crippen molar-refractivity contribution in [3.63, 3.8) is 0 Å². The molecule has 1 rings (SSSR count). The van der Waals surface area contributed by atoms with Gasteiger partial charge in [0.1, 0.15) is 0 Å². The van der Waals surface area contributed by atoms with Crippen molar-refractivity contribution < 1.29 is 5.11 Å². The summed E-state index contributed by atoms with van der Waals surface area (Å²) in [4.78, 5) is 0. The molecule has 0 amide bonds. The van der Waals surface area contributed by atoms with Gasteiger partial charge in [0, 0.05) is 12.0 Å². The molecule has 1 nitrogen and oxygen atoms in total. The molecule has 0 aromatic heterocycles. The van der Waals surface area contributed by atoms with E-state index in [0.29, 0.717) is 6.61 Å². The van der Waals surface area contributed by atoms with Gasteiger partial charge in [-0.25, -0.2) is 0 Å². The second kappa shape index (κ2) is 4.46. The SMILES string of the molecule is CCCCC1(CCO)C=CC=C1. The molecule has 0 saturated carbocycles. The van der Waals surface area contributed by atoms with E-state index in [2.05, 4.69) is 31.2 Å². The molecule has 0 saturated heterocycles. The van der Waals surface area contributed by atoms with Crippen LogP contribution in [0.2, 0.25) is 0 Å². The van der Waals surface area contributed by atoms with Crippen LogP contribution >= 0.6 is 0 Å². The molecule has 1 aliphatic rings. The van der Waals surface area contributed by atoms with Crippen molar-refractivity contribution in [2.75, 3.05) is 6.61 Å². The second-order valence-electron chi connectivity index (χ2n) is 3.53. The molecule has 1 N–H and O–H groups in total. The lowest BCUT2D eigenvalue weighted by Gasteiger charge is -2.23. The number of hydrogen-bond acceptors (Lipinski definition) is 1. The molecule has 0 aliphatic heterocycles. The first kappa shape index (κ1) is 9.53. The Hall–Kier alpha value is -0.560. The Balaban J connectivity index is 2.48. The molecular weight excluding hydrogens is 148 g/mol. The van der Waals surface area contributed by atoms with E-state index >= 15 is 0 Å². The molecule has 12 heavy (non-hydrogen) atoms. The van der Waals surface area contributed by atoms with Gasteiger partial charge in [-0.1, -0.05) is 44.1 Å². The summed E-state index contributed by atoms with van der Waals surface area (Å²) in [5.41, 5.74) is 0.185. The largest absolute Gasteiger partial charge is 0.396 e. The summed E-state index contributed by atoms with van der Waals surface area (Å²) in [7, 11) is 0. The van der Waals surface area contributed by atoms with Gasteiger partial charge < -0.3 is 5.11 Å². The topological polar surface area (TPSA) is 20.2 Å². The van der Waals surface area contributed by atoms with Gasteiger partial charge in [0.05, 0.1) is 0 Å². The third-order valence-electron chi connectivity index (χ3n) is 2.54. The normalized spacial score (nSPS) is 18.8. The molecule has 0 atom stereocenters. The van der Waals surface area contributed by atoms with Crippen LogP contribution in [0.15, 0.2) is 24.3 Å². The fourth-order valence-electron chi connectivity index (χ4n) is 1.72. The second-order valence-corrected chi connectivity index (χ2v) is 3.53. The van der Waals surface area contributed by atoms with Gasteiger partial charge in [0.15, 0.2) is 0 Å². The predicted octanol–water partition coefficient (Wildman–Crippen LogP) is 2.67. The maximum Gasteiger partial charge on any atom is 0.0442 e. The average molecular weight is 166 g/mol. The molecule has 0 aromatic carbocycles. The van der Waals surface area contributed by atoms with E-state index in [4.69, 9.17) is 5.11 Å². The first-order valence-corrected chi connectivity index (χ1v) is 4.81. The first-order valence-electron chi connectivity index (χ1n) is 4.81. The molecule has 1 aliphatic carbocycles. The number of allylic oxidation sites excluding steroid dienone is 4. The summed E-state index contributed by atoms with van der Waals surface area (Å²) < 4.78 is 0. The van der Waals surface area contributed by atoms with Crippen LogP contribution in [0.25, 0.3) is 0 Å². The van der Waals surface area contributed by atoms with Crippen molar-refractivity contribution in [2.24, 2.45) is 5.41 Å². The van der Waals surface area contributed by atoms with E-state index in [1.54, 1.807) is 0 Å². The number of aliphatic hydroxyl groups is 1. The van der Waals surface area contributed by atoms with Crippen molar-refractivity contribution in [1.82, 2.24) is 0 Å². The third-order valence-corrected chi connectivity index (χ3v) is 2.54. The predicted molar refractivity (Wildman–Crippen MR) is 51.9 cm³/mol. The zero-order valence-electron chi connectivity index (χ0n) is 7.79. The van der Waals surface area contributed by atoms with Crippen molar-refractivity contribution in [2.45, 2.75) is 32.6 Å². The van der Waals surface area contributed by atoms with Crippen LogP contribution < -0.4 is 0 Å². The van der Waals surface area contributed by atoms with Gasteiger partial charge in [-0.05, 0) is 12.8 Å². The summed E-state index contributed by atoms with van der Waals surface area (Å²) in [5, 5.41) is 8.92. The minimum atomic E-state index is 0.185. The highest BCUT2D eigenvalue weighted by atomic mass is 16.3. The molecule has 1 heteroatoms. The molecule has 0 radical (unpaired) electrons. The fourth-order valence-corrected chi connectivity index (χ4v) is 1.72. The lowest BCUT2D eigenvalue weighted by Crippen LogP contribution is -2.14. The van der Waals surface area contributed by atoms with Gasteiger partial charge in [0.2, 0.25) is 0 Å². The third kappa shape index (κ3) is 2.21. The van der Waals surface area contributed by atoms with Crippen LogP contribution in [0.5, 0.6) is 0 Å². The minimum Gasteiger partial charge on any atom is -0.396 e. The first-order chi connectivity index (χ1) is 5.83. The van der Waals surface area contributed by atoms with Gasteiger partial charge in [-0.15, -0.1) is 0 Å². The zero-order chi connectivity index (χ0) is 8.86. The summed E-state index contributed by atoms with van der Waals surface area (Å²) in [6.45, 7) is 2.49. The van der Waals surface area contributed by atoms with Crippen molar-refractivity contribution >= 4 is 0 Å². The molecule has 0 aromatic rings. The summed E-state index contributed by atoms with van der Waals surface area (Å²) in [6.07, 6.45) is 13.1. The maximum absolute atomic E-state index is 8.92. The number of aliphatic hydroxyl groups excluding tert-OH is 1. The lowest BCUT2D eigenvalue weighted by atomic mass is 9.81. The Bertz CT molecular complexity index is 167. The minimum absolute atomic E-state index is 0.185. The van der Waals surface area contributed by atoms with E-state index in [-0.39, 0.29) is 5.41 Å². The average Bonchev–Trinajstić information content (AvgIpc) is 2.51. The molecule has 0 heterocycles. The molecule has 0 spiro atoms. The summed E-state index contributed by atoms with van der Waals surface area (Å²) in [5.74, 6) is 0. The molecule has 0 unspecified atom stereocenters. The zero-order valence-corrected chi connectivity index (χ0v) is 7.79. The van der Waals surface area contributed by atoms with Gasteiger partial charge >= 0.3 is 0 Å². The molecule has 68 valence electrons. The van der Waals surface area contributed by atoms with Crippen LogP contribution in [0.1, 0.15) is 32.6 Å². The van der Waals surface area contributed by atoms with Crippen LogP contribution in [0.4, 0.5) is 0 Å². The van der Waals surface area contributed by atoms with E-state index in [9.17, 15) is 0 Å². The van der Waals surface area contributed by atoms with Crippen LogP contribution in [-0.2, 0) is 0 Å². The molecular formula is C11H18O. The Labute approximate surface area is 74.8 Å². The van der Waals surface area contributed by atoms with Crippen LogP contribution in [0.3, 0.4) is 0 Å². The summed E-state index contributed by atoms with van der Waals surface area (Å²) >= 11 is 0. The standard InChI is InChI=1S/C11H18O/c1-2-3-6-11(9-10-12)7-4-5-8-11/h4-5,7-8,12H,2-3,6,9-10H2,1H3. The van der Waals surface area contributed by atoms with E-state index < -0.39 is 0 Å². The Morgan fingerprint density at radius 3 is 2.33 bits per heavy atom. The van der Waals surface area contributed by atoms with Crippen molar-refractivity contribution in [1.29, 1.82) is 0 Å². The van der Waals surface area contributed by atoms with Gasteiger partial charge in [-0.3, -0.25) is 0 Å². The maximum atomic E-state index is 8.92. The molecule has 0 bridgehead atoms. The Morgan fingerprint density at radius 2 is 1.83 bits per heavy atom. The van der Waals surface area contributed by atoms with Crippen LogP contribution in [0, 0.1) is 5.41 Å². The number of unbranched alkanes of at least 4 members (excludes halogenated alkanes) is 1. The van der Waals surface area contributed by atoms with Crippen molar-refractivity contribution in [3.8, 4) is 0 Å². The highest BCUT2D eigenvalue weighted by Gasteiger charge is 2.24. The lowest BCUT2D eigenvalue weighted by molar-refractivity contribution is 0.238.